The molecule has 1 fully saturated rings. The summed E-state index contributed by atoms with van der Waals surface area (Å²) in [5, 5.41) is 7.03. The van der Waals surface area contributed by atoms with Crippen LogP contribution in [-0.4, -0.2) is 26.3 Å². The molecule has 3 heteroatoms. The molecule has 2 N–H and O–H groups in total. The van der Waals surface area contributed by atoms with Gasteiger partial charge in [-0.1, -0.05) is 19.1 Å². The first kappa shape index (κ1) is 12.9. The molecule has 1 aromatic carbocycles. The smallest absolute Gasteiger partial charge is 0.0471 e. The number of hydrogen-bond donors (Lipinski definition) is 2. The summed E-state index contributed by atoms with van der Waals surface area (Å²) in [4.78, 5) is 0. The van der Waals surface area contributed by atoms with Gasteiger partial charge in [-0.3, -0.25) is 0 Å². The van der Waals surface area contributed by atoms with Crippen molar-refractivity contribution in [3.8, 4) is 0 Å². The van der Waals surface area contributed by atoms with Crippen molar-refractivity contribution in [3.63, 3.8) is 0 Å². The second-order valence-electron chi connectivity index (χ2n) is 6.19. The number of anilines is 1. The molecule has 0 bridgehead atoms. The molecule has 0 saturated carbocycles. The number of ether oxygens (including phenoxy) is 1. The summed E-state index contributed by atoms with van der Waals surface area (Å²) in [6.07, 6.45) is 3.51. The summed E-state index contributed by atoms with van der Waals surface area (Å²) < 4.78 is 5.45. The van der Waals surface area contributed by atoms with Crippen molar-refractivity contribution >= 4 is 5.69 Å². The molecule has 2 aliphatic rings. The van der Waals surface area contributed by atoms with Crippen LogP contribution in [0.5, 0.6) is 0 Å². The Balaban J connectivity index is 1.52. The van der Waals surface area contributed by atoms with Crippen LogP contribution in [0.4, 0.5) is 5.69 Å². The third kappa shape index (κ3) is 3.10. The molecular weight excluding hydrogens is 236 g/mol. The van der Waals surface area contributed by atoms with Crippen molar-refractivity contribution in [1.82, 2.24) is 5.32 Å². The highest BCUT2D eigenvalue weighted by molar-refractivity contribution is 5.56. The van der Waals surface area contributed by atoms with Crippen LogP contribution in [0.2, 0.25) is 0 Å². The van der Waals surface area contributed by atoms with Crippen molar-refractivity contribution in [1.29, 1.82) is 0 Å². The standard InChI is InChI=1S/C16H24N2O/c1-16(5-8-19-9-6-16)12-17-11-13-2-3-15-14(10-13)4-7-18-15/h2-3,10,17-18H,4-9,11-12H2,1H3. The molecule has 19 heavy (non-hydrogen) atoms. The van der Waals surface area contributed by atoms with Gasteiger partial charge in [-0.25, -0.2) is 0 Å². The lowest BCUT2D eigenvalue weighted by Gasteiger charge is -2.33. The summed E-state index contributed by atoms with van der Waals surface area (Å²) in [5.74, 6) is 0. The van der Waals surface area contributed by atoms with Crippen LogP contribution in [0.1, 0.15) is 30.9 Å². The molecule has 0 aliphatic carbocycles. The van der Waals surface area contributed by atoms with E-state index in [9.17, 15) is 0 Å². The molecule has 0 amide bonds. The molecule has 1 saturated heterocycles. The lowest BCUT2D eigenvalue weighted by molar-refractivity contribution is 0.0240. The van der Waals surface area contributed by atoms with Gasteiger partial charge >= 0.3 is 0 Å². The molecular formula is C16H24N2O. The zero-order chi connectivity index (χ0) is 13.1. The maximum atomic E-state index is 5.45. The van der Waals surface area contributed by atoms with Gasteiger partial charge < -0.3 is 15.4 Å². The molecule has 0 aromatic heterocycles. The minimum Gasteiger partial charge on any atom is -0.384 e. The predicted octanol–water partition coefficient (Wildman–Crippen LogP) is 2.56. The largest absolute Gasteiger partial charge is 0.384 e. The Bertz CT molecular complexity index is 438. The minimum atomic E-state index is 0.413. The number of benzene rings is 1. The van der Waals surface area contributed by atoms with Crippen LogP contribution in [-0.2, 0) is 17.7 Å². The molecule has 104 valence electrons. The molecule has 0 radical (unpaired) electrons. The Morgan fingerprint density at radius 3 is 3.00 bits per heavy atom. The molecule has 1 aromatic rings. The van der Waals surface area contributed by atoms with Crippen LogP contribution in [0.25, 0.3) is 0 Å². The highest BCUT2D eigenvalue weighted by Gasteiger charge is 2.26. The van der Waals surface area contributed by atoms with Crippen LogP contribution in [0.15, 0.2) is 18.2 Å². The van der Waals surface area contributed by atoms with Gasteiger partial charge in [0.15, 0.2) is 0 Å². The second kappa shape index (κ2) is 5.51. The van der Waals surface area contributed by atoms with E-state index in [0.29, 0.717) is 5.41 Å². The summed E-state index contributed by atoms with van der Waals surface area (Å²) >= 11 is 0. The van der Waals surface area contributed by atoms with Crippen molar-refractivity contribution in [2.75, 3.05) is 31.6 Å². The van der Waals surface area contributed by atoms with Gasteiger partial charge in [0.05, 0.1) is 0 Å². The lowest BCUT2D eigenvalue weighted by atomic mass is 9.82. The maximum Gasteiger partial charge on any atom is 0.0471 e. The first-order chi connectivity index (χ1) is 9.25. The molecule has 2 heterocycles. The van der Waals surface area contributed by atoms with Gasteiger partial charge in [0, 0.05) is 38.5 Å². The summed E-state index contributed by atoms with van der Waals surface area (Å²) in [6, 6.07) is 6.79. The molecule has 3 nitrogen and oxygen atoms in total. The van der Waals surface area contributed by atoms with Crippen LogP contribution in [0, 0.1) is 5.41 Å². The van der Waals surface area contributed by atoms with Gasteiger partial charge in [0.2, 0.25) is 0 Å². The summed E-state index contributed by atoms with van der Waals surface area (Å²) in [7, 11) is 0. The Labute approximate surface area is 115 Å². The zero-order valence-corrected chi connectivity index (χ0v) is 11.8. The molecule has 2 aliphatic heterocycles. The van der Waals surface area contributed by atoms with E-state index < -0.39 is 0 Å². The first-order valence-corrected chi connectivity index (χ1v) is 7.39. The average Bonchev–Trinajstić information content (AvgIpc) is 2.87. The number of fused-ring (bicyclic) bond motifs is 1. The number of nitrogens with one attached hydrogen (secondary N) is 2. The summed E-state index contributed by atoms with van der Waals surface area (Å²) in [6.45, 7) is 7.36. The van der Waals surface area contributed by atoms with E-state index in [2.05, 4.69) is 35.8 Å². The Morgan fingerprint density at radius 1 is 1.32 bits per heavy atom. The maximum absolute atomic E-state index is 5.45. The third-order valence-corrected chi connectivity index (χ3v) is 4.46. The van der Waals surface area contributed by atoms with E-state index in [0.717, 1.165) is 39.3 Å². The number of hydrogen-bond acceptors (Lipinski definition) is 3. The van der Waals surface area contributed by atoms with E-state index in [1.807, 2.05) is 0 Å². The fraction of sp³-hybridized carbons (Fsp3) is 0.625. The highest BCUT2D eigenvalue weighted by atomic mass is 16.5. The molecule has 0 atom stereocenters. The summed E-state index contributed by atoms with van der Waals surface area (Å²) in [5.41, 5.74) is 4.60. The lowest BCUT2D eigenvalue weighted by Crippen LogP contribution is -2.36. The average molecular weight is 260 g/mol. The van der Waals surface area contributed by atoms with E-state index in [1.54, 1.807) is 0 Å². The third-order valence-electron chi connectivity index (χ3n) is 4.46. The van der Waals surface area contributed by atoms with Gasteiger partial charge in [-0.05, 0) is 41.9 Å². The van der Waals surface area contributed by atoms with E-state index in [-0.39, 0.29) is 0 Å². The minimum absolute atomic E-state index is 0.413. The van der Waals surface area contributed by atoms with Crippen molar-refractivity contribution in [3.05, 3.63) is 29.3 Å². The SMILES string of the molecule is CC1(CNCc2ccc3c(c2)CCN3)CCOCC1. The van der Waals surface area contributed by atoms with Gasteiger partial charge in [0.25, 0.3) is 0 Å². The zero-order valence-electron chi connectivity index (χ0n) is 11.8. The van der Waals surface area contributed by atoms with Crippen LogP contribution in [0.3, 0.4) is 0 Å². The Hall–Kier alpha value is -1.06. The molecule has 0 spiro atoms. The fourth-order valence-corrected chi connectivity index (χ4v) is 3.02. The van der Waals surface area contributed by atoms with Gasteiger partial charge in [-0.2, -0.15) is 0 Å². The van der Waals surface area contributed by atoms with Crippen molar-refractivity contribution in [2.24, 2.45) is 5.41 Å². The number of rotatable bonds is 4. The molecule has 0 unspecified atom stereocenters. The monoisotopic (exact) mass is 260 g/mol. The Morgan fingerprint density at radius 2 is 2.16 bits per heavy atom. The van der Waals surface area contributed by atoms with E-state index in [4.69, 9.17) is 4.74 Å². The normalized spacial score (nSPS) is 20.9. The van der Waals surface area contributed by atoms with Gasteiger partial charge in [0.1, 0.15) is 0 Å². The fourth-order valence-electron chi connectivity index (χ4n) is 3.02. The Kier molecular flexibility index (Phi) is 3.76. The predicted molar refractivity (Wildman–Crippen MR) is 78.5 cm³/mol. The molecule has 3 rings (SSSR count). The quantitative estimate of drug-likeness (QED) is 0.873. The highest BCUT2D eigenvalue weighted by Crippen LogP contribution is 2.29. The first-order valence-electron chi connectivity index (χ1n) is 7.39. The van der Waals surface area contributed by atoms with E-state index in [1.165, 1.54) is 29.7 Å². The van der Waals surface area contributed by atoms with Crippen molar-refractivity contribution in [2.45, 2.75) is 32.7 Å². The van der Waals surface area contributed by atoms with Crippen molar-refractivity contribution < 1.29 is 4.74 Å². The topological polar surface area (TPSA) is 33.3 Å². The van der Waals surface area contributed by atoms with Crippen LogP contribution >= 0.6 is 0 Å². The van der Waals surface area contributed by atoms with E-state index >= 15 is 0 Å². The second-order valence-corrected chi connectivity index (χ2v) is 6.19. The van der Waals surface area contributed by atoms with Gasteiger partial charge in [-0.15, -0.1) is 0 Å². The van der Waals surface area contributed by atoms with Crippen LogP contribution < -0.4 is 10.6 Å².